The molecule has 2 amide bonds. The Bertz CT molecular complexity index is 833. The smallest absolute Gasteiger partial charge is 0.385 e. The molecule has 1 heterocycles. The maximum absolute atomic E-state index is 12.8. The van der Waals surface area contributed by atoms with Gasteiger partial charge in [0.1, 0.15) is 0 Å². The van der Waals surface area contributed by atoms with Gasteiger partial charge in [-0.15, -0.1) is 0 Å². The van der Waals surface area contributed by atoms with Crippen LogP contribution >= 0.6 is 0 Å². The van der Waals surface area contributed by atoms with Gasteiger partial charge in [-0.25, -0.2) is 0 Å². The second-order valence-corrected chi connectivity index (χ2v) is 6.58. The number of benzene rings is 2. The van der Waals surface area contributed by atoms with Crippen molar-refractivity contribution in [3.05, 3.63) is 65.2 Å². The molecule has 0 atom stereocenters. The fourth-order valence-electron chi connectivity index (χ4n) is 3.17. The number of hydrogen-bond donors (Lipinski definition) is 2. The van der Waals surface area contributed by atoms with Crippen LogP contribution in [0.5, 0.6) is 0 Å². The van der Waals surface area contributed by atoms with Crippen LogP contribution in [-0.2, 0) is 22.2 Å². The zero-order valence-corrected chi connectivity index (χ0v) is 14.5. The minimum Gasteiger partial charge on any atom is -0.385 e. The number of carbonyl (C=O) groups is 2. The Hall–Kier alpha value is -2.83. The van der Waals surface area contributed by atoms with E-state index >= 15 is 0 Å². The number of amides is 2. The predicted octanol–water partition coefficient (Wildman–Crippen LogP) is 3.88. The highest BCUT2D eigenvalue weighted by atomic mass is 19.4. The van der Waals surface area contributed by atoms with E-state index in [1.807, 2.05) is 24.3 Å². The molecule has 0 saturated carbocycles. The van der Waals surface area contributed by atoms with Crippen LogP contribution in [-0.4, -0.2) is 18.4 Å². The lowest BCUT2D eigenvalue weighted by atomic mass is 9.89. The number of rotatable bonds is 5. The molecule has 4 nitrogen and oxygen atoms in total. The minimum absolute atomic E-state index is 0.156. The molecule has 0 aromatic heterocycles. The Morgan fingerprint density at radius 1 is 1.00 bits per heavy atom. The van der Waals surface area contributed by atoms with Gasteiger partial charge in [-0.2, -0.15) is 13.2 Å². The highest BCUT2D eigenvalue weighted by Gasteiger charge is 2.30. The van der Waals surface area contributed by atoms with Crippen LogP contribution in [0, 0.1) is 0 Å². The number of piperidine rings is 1. The first-order chi connectivity index (χ1) is 12.8. The third-order valence-corrected chi connectivity index (χ3v) is 4.50. The number of nitrogens with one attached hydrogen (secondary N) is 2. The molecular weight excluding hydrogens is 357 g/mol. The van der Waals surface area contributed by atoms with Gasteiger partial charge in [0.2, 0.25) is 11.8 Å². The van der Waals surface area contributed by atoms with Gasteiger partial charge in [0, 0.05) is 31.0 Å². The van der Waals surface area contributed by atoms with Crippen LogP contribution in [0.2, 0.25) is 0 Å². The van der Waals surface area contributed by atoms with E-state index < -0.39 is 11.7 Å². The molecule has 142 valence electrons. The molecule has 1 aliphatic heterocycles. The highest BCUT2D eigenvalue weighted by Crippen LogP contribution is 2.30. The fourth-order valence-corrected chi connectivity index (χ4v) is 3.17. The monoisotopic (exact) mass is 376 g/mol. The van der Waals surface area contributed by atoms with Crippen molar-refractivity contribution < 1.29 is 22.8 Å². The lowest BCUT2D eigenvalue weighted by Crippen LogP contribution is -2.37. The summed E-state index contributed by atoms with van der Waals surface area (Å²) in [6, 6.07) is 12.7. The van der Waals surface area contributed by atoms with Crippen molar-refractivity contribution in [3.8, 4) is 0 Å². The summed E-state index contributed by atoms with van der Waals surface area (Å²) in [4.78, 5) is 23.1. The van der Waals surface area contributed by atoms with Crippen LogP contribution < -0.4 is 10.6 Å². The zero-order valence-electron chi connectivity index (χ0n) is 14.5. The number of imide groups is 1. The predicted molar refractivity (Wildman–Crippen MR) is 95.2 cm³/mol. The third kappa shape index (κ3) is 5.09. The van der Waals surface area contributed by atoms with Gasteiger partial charge in [-0.05, 0) is 35.7 Å². The second-order valence-electron chi connectivity index (χ2n) is 6.58. The van der Waals surface area contributed by atoms with E-state index in [0.717, 1.165) is 23.4 Å². The lowest BCUT2D eigenvalue weighted by molar-refractivity contribution is -0.138. The summed E-state index contributed by atoms with van der Waals surface area (Å²) < 4.78 is 38.3. The maximum atomic E-state index is 12.8. The largest absolute Gasteiger partial charge is 0.416 e. The summed E-state index contributed by atoms with van der Waals surface area (Å²) in [5.74, 6) is -0.713. The third-order valence-electron chi connectivity index (χ3n) is 4.50. The Balaban J connectivity index is 1.61. The van der Waals surface area contributed by atoms with Crippen molar-refractivity contribution in [2.45, 2.75) is 31.4 Å². The van der Waals surface area contributed by atoms with E-state index in [1.54, 1.807) is 6.07 Å². The molecule has 2 aromatic rings. The van der Waals surface area contributed by atoms with E-state index in [9.17, 15) is 22.8 Å². The average molecular weight is 376 g/mol. The molecule has 0 bridgehead atoms. The van der Waals surface area contributed by atoms with Gasteiger partial charge in [0.05, 0.1) is 5.56 Å². The quantitative estimate of drug-likeness (QED) is 0.779. The number of alkyl halides is 3. The maximum Gasteiger partial charge on any atom is 0.416 e. The minimum atomic E-state index is -4.35. The van der Waals surface area contributed by atoms with Crippen LogP contribution in [0.3, 0.4) is 0 Å². The Morgan fingerprint density at radius 3 is 2.41 bits per heavy atom. The lowest BCUT2D eigenvalue weighted by Gasteiger charge is -2.21. The van der Waals surface area contributed by atoms with Crippen LogP contribution in [0.15, 0.2) is 48.5 Å². The average Bonchev–Trinajstić information content (AvgIpc) is 2.61. The number of carbonyl (C=O) groups excluding carboxylic acids is 2. The molecule has 7 heteroatoms. The number of anilines is 1. The molecule has 0 aliphatic carbocycles. The molecule has 27 heavy (non-hydrogen) atoms. The van der Waals surface area contributed by atoms with Gasteiger partial charge in [0.25, 0.3) is 0 Å². The Morgan fingerprint density at radius 2 is 1.70 bits per heavy atom. The standard InChI is InChI=1S/C20H19F3N2O2/c21-20(22,23)16-5-1-3-13(9-16)7-8-24-17-6-2-4-14(10-17)15-11-18(26)25-19(27)12-15/h1-6,9-10,15,24H,7-8,11-12H2,(H,25,26,27). The van der Waals surface area contributed by atoms with E-state index in [4.69, 9.17) is 0 Å². The van der Waals surface area contributed by atoms with Gasteiger partial charge in [-0.3, -0.25) is 14.9 Å². The van der Waals surface area contributed by atoms with Crippen LogP contribution in [0.4, 0.5) is 18.9 Å². The van der Waals surface area contributed by atoms with Crippen LogP contribution in [0.25, 0.3) is 0 Å². The molecule has 2 N–H and O–H groups in total. The Kier molecular flexibility index (Phi) is 5.48. The van der Waals surface area contributed by atoms with Crippen molar-refractivity contribution >= 4 is 17.5 Å². The second kappa shape index (κ2) is 7.82. The molecule has 0 spiro atoms. The molecular formula is C20H19F3N2O2. The summed E-state index contributed by atoms with van der Waals surface area (Å²) in [6.07, 6.45) is -3.38. The van der Waals surface area contributed by atoms with Crippen molar-refractivity contribution in [2.24, 2.45) is 0 Å². The van der Waals surface area contributed by atoms with Crippen molar-refractivity contribution in [3.63, 3.8) is 0 Å². The molecule has 1 saturated heterocycles. The van der Waals surface area contributed by atoms with Crippen molar-refractivity contribution in [1.29, 1.82) is 0 Å². The molecule has 1 fully saturated rings. The molecule has 1 aliphatic rings. The zero-order chi connectivity index (χ0) is 19.4. The van der Waals surface area contributed by atoms with E-state index in [1.165, 1.54) is 6.07 Å². The van der Waals surface area contributed by atoms with Gasteiger partial charge < -0.3 is 5.32 Å². The summed E-state index contributed by atoms with van der Waals surface area (Å²) in [7, 11) is 0. The summed E-state index contributed by atoms with van der Waals surface area (Å²) in [5.41, 5.74) is 1.64. The highest BCUT2D eigenvalue weighted by molar-refractivity contribution is 5.98. The van der Waals surface area contributed by atoms with E-state index in [2.05, 4.69) is 10.6 Å². The van der Waals surface area contributed by atoms with E-state index in [-0.39, 0.29) is 30.6 Å². The molecule has 3 rings (SSSR count). The first-order valence-corrected chi connectivity index (χ1v) is 8.64. The van der Waals surface area contributed by atoms with Crippen molar-refractivity contribution in [2.75, 3.05) is 11.9 Å². The van der Waals surface area contributed by atoms with Gasteiger partial charge in [-0.1, -0.05) is 30.3 Å². The molecule has 0 unspecified atom stereocenters. The SMILES string of the molecule is O=C1CC(c2cccc(NCCc3cccc(C(F)(F)F)c3)c2)CC(=O)N1. The first kappa shape index (κ1) is 18.9. The van der Waals surface area contributed by atoms with Crippen LogP contribution in [0.1, 0.15) is 35.4 Å². The molecule has 0 radical (unpaired) electrons. The van der Waals surface area contributed by atoms with Gasteiger partial charge in [0.15, 0.2) is 0 Å². The number of hydrogen-bond acceptors (Lipinski definition) is 3. The summed E-state index contributed by atoms with van der Waals surface area (Å²) in [5, 5.41) is 5.47. The summed E-state index contributed by atoms with van der Waals surface area (Å²) >= 11 is 0. The summed E-state index contributed by atoms with van der Waals surface area (Å²) in [6.45, 7) is 0.467. The van der Waals surface area contributed by atoms with Gasteiger partial charge >= 0.3 is 6.18 Å². The first-order valence-electron chi connectivity index (χ1n) is 8.64. The number of halogens is 3. The molecule has 2 aromatic carbocycles. The van der Waals surface area contributed by atoms with E-state index in [0.29, 0.717) is 18.5 Å². The fraction of sp³-hybridized carbons (Fsp3) is 0.300. The Labute approximate surface area is 154 Å². The van der Waals surface area contributed by atoms with Crippen molar-refractivity contribution in [1.82, 2.24) is 5.32 Å². The normalized spacial score (nSPS) is 15.5. The topological polar surface area (TPSA) is 58.2 Å².